The molecule has 0 spiro atoms. The molecule has 0 aromatic heterocycles. The lowest BCUT2D eigenvalue weighted by molar-refractivity contribution is -0.148. The number of rotatable bonds is 6. The Hall–Kier alpha value is -1.26. The second-order valence-corrected chi connectivity index (χ2v) is 6.13. The molecule has 0 saturated carbocycles. The van der Waals surface area contributed by atoms with Crippen LogP contribution in [0.3, 0.4) is 0 Å². The molecule has 19 heavy (non-hydrogen) atoms. The standard InChI is InChI=1S/C14H27NO4/c1-10(2)9-11(3)12(16)18-8-7-15-13(17)19-14(4,5)6/h10-11H,7-9H2,1-6H3,(H,15,17)/t11-/m0/s1. The molecule has 0 aromatic carbocycles. The van der Waals surface area contributed by atoms with Gasteiger partial charge in [0.2, 0.25) is 0 Å². The predicted octanol–water partition coefficient (Wildman–Crippen LogP) is 2.74. The largest absolute Gasteiger partial charge is 0.464 e. The van der Waals surface area contributed by atoms with E-state index < -0.39 is 11.7 Å². The third-order valence-electron chi connectivity index (χ3n) is 2.24. The normalized spacial score (nSPS) is 13.0. The number of hydrogen-bond acceptors (Lipinski definition) is 4. The van der Waals surface area contributed by atoms with Crippen molar-refractivity contribution >= 4 is 12.1 Å². The van der Waals surface area contributed by atoms with Crippen molar-refractivity contribution in [3.8, 4) is 0 Å². The Morgan fingerprint density at radius 2 is 1.74 bits per heavy atom. The van der Waals surface area contributed by atoms with Gasteiger partial charge in [0.25, 0.3) is 0 Å². The maximum Gasteiger partial charge on any atom is 0.407 e. The summed E-state index contributed by atoms with van der Waals surface area (Å²) in [5.74, 6) is 0.128. The number of esters is 1. The molecule has 0 unspecified atom stereocenters. The van der Waals surface area contributed by atoms with E-state index in [0.717, 1.165) is 6.42 Å². The van der Waals surface area contributed by atoms with E-state index in [0.29, 0.717) is 5.92 Å². The molecule has 0 aromatic rings. The summed E-state index contributed by atoms with van der Waals surface area (Å²) in [5, 5.41) is 2.54. The van der Waals surface area contributed by atoms with Crippen molar-refractivity contribution in [1.29, 1.82) is 0 Å². The van der Waals surface area contributed by atoms with Gasteiger partial charge in [-0.15, -0.1) is 0 Å². The maximum absolute atomic E-state index is 11.6. The monoisotopic (exact) mass is 273 g/mol. The molecule has 0 rings (SSSR count). The summed E-state index contributed by atoms with van der Waals surface area (Å²) >= 11 is 0. The Morgan fingerprint density at radius 3 is 2.21 bits per heavy atom. The van der Waals surface area contributed by atoms with E-state index in [2.05, 4.69) is 19.2 Å². The van der Waals surface area contributed by atoms with E-state index in [1.165, 1.54) is 0 Å². The Bertz CT molecular complexity index is 294. The summed E-state index contributed by atoms with van der Waals surface area (Å²) in [6.45, 7) is 11.8. The van der Waals surface area contributed by atoms with E-state index in [1.54, 1.807) is 20.8 Å². The smallest absolute Gasteiger partial charge is 0.407 e. The zero-order chi connectivity index (χ0) is 15.1. The van der Waals surface area contributed by atoms with Crippen molar-refractivity contribution in [3.63, 3.8) is 0 Å². The predicted molar refractivity (Wildman–Crippen MR) is 73.8 cm³/mol. The Balaban J connectivity index is 3.75. The molecule has 5 nitrogen and oxygen atoms in total. The number of ether oxygens (including phenoxy) is 2. The summed E-state index contributed by atoms with van der Waals surface area (Å²) in [5.41, 5.74) is -0.521. The van der Waals surface area contributed by atoms with Crippen molar-refractivity contribution in [2.24, 2.45) is 11.8 Å². The van der Waals surface area contributed by atoms with Crippen molar-refractivity contribution in [3.05, 3.63) is 0 Å². The summed E-state index contributed by atoms with van der Waals surface area (Å²) in [6, 6.07) is 0. The molecule has 0 aliphatic carbocycles. The summed E-state index contributed by atoms with van der Waals surface area (Å²) in [6.07, 6.45) is 0.303. The molecule has 0 heterocycles. The minimum absolute atomic E-state index is 0.110. The van der Waals surface area contributed by atoms with Crippen LogP contribution in [0.5, 0.6) is 0 Å². The fourth-order valence-corrected chi connectivity index (χ4v) is 1.56. The van der Waals surface area contributed by atoms with Gasteiger partial charge in [-0.25, -0.2) is 4.79 Å². The Kier molecular flexibility index (Phi) is 7.49. The van der Waals surface area contributed by atoms with E-state index in [4.69, 9.17) is 9.47 Å². The molecule has 0 saturated heterocycles. The summed E-state index contributed by atoms with van der Waals surface area (Å²) in [7, 11) is 0. The zero-order valence-electron chi connectivity index (χ0n) is 12.9. The molecule has 0 radical (unpaired) electrons. The van der Waals surface area contributed by atoms with Gasteiger partial charge in [-0.05, 0) is 33.1 Å². The fourth-order valence-electron chi connectivity index (χ4n) is 1.56. The highest BCUT2D eigenvalue weighted by Crippen LogP contribution is 2.12. The number of alkyl carbamates (subject to hydrolysis) is 1. The van der Waals surface area contributed by atoms with E-state index in [9.17, 15) is 9.59 Å². The van der Waals surface area contributed by atoms with Gasteiger partial charge in [0.15, 0.2) is 0 Å². The molecule has 5 heteroatoms. The molecule has 0 bridgehead atoms. The second-order valence-electron chi connectivity index (χ2n) is 6.13. The molecule has 0 aliphatic rings. The van der Waals surface area contributed by atoms with Crippen molar-refractivity contribution in [1.82, 2.24) is 5.32 Å². The van der Waals surface area contributed by atoms with Crippen LogP contribution in [0.15, 0.2) is 0 Å². The van der Waals surface area contributed by atoms with Gasteiger partial charge >= 0.3 is 12.1 Å². The molecular formula is C14H27NO4. The van der Waals surface area contributed by atoms with Gasteiger partial charge in [0, 0.05) is 0 Å². The van der Waals surface area contributed by atoms with Crippen LogP contribution in [0.25, 0.3) is 0 Å². The fraction of sp³-hybridized carbons (Fsp3) is 0.857. The average molecular weight is 273 g/mol. The lowest BCUT2D eigenvalue weighted by atomic mass is 9.99. The highest BCUT2D eigenvalue weighted by atomic mass is 16.6. The highest BCUT2D eigenvalue weighted by Gasteiger charge is 2.17. The highest BCUT2D eigenvalue weighted by molar-refractivity contribution is 5.72. The first-order valence-corrected chi connectivity index (χ1v) is 6.75. The van der Waals surface area contributed by atoms with Crippen LogP contribution >= 0.6 is 0 Å². The quantitative estimate of drug-likeness (QED) is 0.597. The summed E-state index contributed by atoms with van der Waals surface area (Å²) in [4.78, 5) is 22.9. The van der Waals surface area contributed by atoms with Crippen LogP contribution in [0.2, 0.25) is 0 Å². The minimum atomic E-state index is -0.521. The Labute approximate surface area is 116 Å². The molecule has 0 aliphatic heterocycles. The number of carbonyl (C=O) groups excluding carboxylic acids is 2. The van der Waals surface area contributed by atoms with Gasteiger partial charge in [-0.3, -0.25) is 4.79 Å². The molecule has 0 fully saturated rings. The summed E-state index contributed by atoms with van der Waals surface area (Å²) < 4.78 is 10.1. The first kappa shape index (κ1) is 17.7. The number of nitrogens with one attached hydrogen (secondary N) is 1. The first-order chi connectivity index (χ1) is 8.61. The van der Waals surface area contributed by atoms with Gasteiger partial charge in [-0.1, -0.05) is 20.8 Å². The van der Waals surface area contributed by atoms with Gasteiger partial charge in [0.1, 0.15) is 12.2 Å². The van der Waals surface area contributed by atoms with Crippen molar-refractivity contribution in [2.75, 3.05) is 13.2 Å². The number of hydrogen-bond donors (Lipinski definition) is 1. The Morgan fingerprint density at radius 1 is 1.16 bits per heavy atom. The van der Waals surface area contributed by atoms with E-state index in [-0.39, 0.29) is 25.0 Å². The maximum atomic E-state index is 11.6. The van der Waals surface area contributed by atoms with E-state index >= 15 is 0 Å². The third-order valence-corrected chi connectivity index (χ3v) is 2.24. The van der Waals surface area contributed by atoms with Crippen LogP contribution < -0.4 is 5.32 Å². The van der Waals surface area contributed by atoms with Gasteiger partial charge in [0.05, 0.1) is 12.5 Å². The van der Waals surface area contributed by atoms with Crippen LogP contribution in [-0.4, -0.2) is 30.8 Å². The molecule has 1 amide bonds. The second kappa shape index (κ2) is 8.02. The van der Waals surface area contributed by atoms with E-state index in [1.807, 2.05) is 6.92 Å². The average Bonchev–Trinajstić information content (AvgIpc) is 2.20. The SMILES string of the molecule is CC(C)C[C@H](C)C(=O)OCCNC(=O)OC(C)(C)C. The van der Waals surface area contributed by atoms with Crippen LogP contribution in [0.4, 0.5) is 4.79 Å². The lowest BCUT2D eigenvalue weighted by Gasteiger charge is -2.19. The van der Waals surface area contributed by atoms with Gasteiger partial charge in [-0.2, -0.15) is 0 Å². The van der Waals surface area contributed by atoms with Crippen LogP contribution in [0, 0.1) is 11.8 Å². The van der Waals surface area contributed by atoms with Crippen molar-refractivity contribution in [2.45, 2.75) is 53.6 Å². The molecule has 1 atom stereocenters. The molecule has 112 valence electrons. The topological polar surface area (TPSA) is 64.6 Å². The number of carbonyl (C=O) groups is 2. The zero-order valence-corrected chi connectivity index (χ0v) is 12.9. The minimum Gasteiger partial charge on any atom is -0.464 e. The third kappa shape index (κ3) is 10.4. The first-order valence-electron chi connectivity index (χ1n) is 6.75. The molecule has 1 N–H and O–H groups in total. The lowest BCUT2D eigenvalue weighted by Crippen LogP contribution is -2.34. The van der Waals surface area contributed by atoms with Crippen LogP contribution in [0.1, 0.15) is 48.0 Å². The molecular weight excluding hydrogens is 246 g/mol. The van der Waals surface area contributed by atoms with Gasteiger partial charge < -0.3 is 14.8 Å². The van der Waals surface area contributed by atoms with Crippen LogP contribution in [-0.2, 0) is 14.3 Å². The number of amides is 1. The van der Waals surface area contributed by atoms with Crippen molar-refractivity contribution < 1.29 is 19.1 Å².